The minimum absolute atomic E-state index is 0.0147. The van der Waals surface area contributed by atoms with E-state index >= 15 is 0 Å². The van der Waals surface area contributed by atoms with E-state index in [1.54, 1.807) is 0 Å². The minimum atomic E-state index is -3.22. The standard InChI is InChI=1S/C14H26N2O3S/c1-14(2,3)6-7-20(18,19)15-9-11-8-13(17)16(10-11)12-4-5-12/h11-12,15H,4-10H2,1-3H3/t11-/m1/s1. The van der Waals surface area contributed by atoms with Gasteiger partial charge in [-0.25, -0.2) is 13.1 Å². The molecule has 5 nitrogen and oxygen atoms in total. The van der Waals surface area contributed by atoms with Gasteiger partial charge in [0, 0.05) is 25.6 Å². The maximum atomic E-state index is 11.9. The van der Waals surface area contributed by atoms with Crippen LogP contribution in [0.4, 0.5) is 0 Å². The highest BCUT2D eigenvalue weighted by Gasteiger charge is 2.39. The van der Waals surface area contributed by atoms with Gasteiger partial charge in [0.2, 0.25) is 15.9 Å². The zero-order valence-electron chi connectivity index (χ0n) is 12.7. The number of carbonyl (C=O) groups is 1. The topological polar surface area (TPSA) is 66.5 Å². The molecule has 2 fully saturated rings. The Labute approximate surface area is 122 Å². The van der Waals surface area contributed by atoms with Crippen molar-refractivity contribution in [2.45, 2.75) is 52.5 Å². The molecule has 2 rings (SSSR count). The van der Waals surface area contributed by atoms with Crippen molar-refractivity contribution in [3.63, 3.8) is 0 Å². The van der Waals surface area contributed by atoms with Crippen LogP contribution >= 0.6 is 0 Å². The van der Waals surface area contributed by atoms with Crippen molar-refractivity contribution in [2.75, 3.05) is 18.8 Å². The highest BCUT2D eigenvalue weighted by Crippen LogP contribution is 2.32. The molecule has 1 heterocycles. The molecular weight excluding hydrogens is 276 g/mol. The summed E-state index contributed by atoms with van der Waals surface area (Å²) in [6.45, 7) is 7.20. The van der Waals surface area contributed by atoms with E-state index < -0.39 is 10.0 Å². The van der Waals surface area contributed by atoms with Crippen LogP contribution in [-0.2, 0) is 14.8 Å². The lowest BCUT2D eigenvalue weighted by atomic mass is 9.94. The monoisotopic (exact) mass is 302 g/mol. The fraction of sp³-hybridized carbons (Fsp3) is 0.929. The van der Waals surface area contributed by atoms with E-state index in [2.05, 4.69) is 4.72 Å². The van der Waals surface area contributed by atoms with E-state index in [4.69, 9.17) is 0 Å². The third-order valence-electron chi connectivity index (χ3n) is 3.94. The van der Waals surface area contributed by atoms with E-state index in [1.807, 2.05) is 25.7 Å². The van der Waals surface area contributed by atoms with Crippen molar-refractivity contribution in [3.8, 4) is 0 Å². The quantitative estimate of drug-likeness (QED) is 0.805. The van der Waals surface area contributed by atoms with Crippen molar-refractivity contribution in [1.29, 1.82) is 0 Å². The largest absolute Gasteiger partial charge is 0.339 e. The van der Waals surface area contributed by atoms with Gasteiger partial charge in [0.25, 0.3) is 0 Å². The molecule has 0 radical (unpaired) electrons. The van der Waals surface area contributed by atoms with Gasteiger partial charge in [-0.3, -0.25) is 4.79 Å². The van der Waals surface area contributed by atoms with E-state index in [0.717, 1.165) is 12.8 Å². The Balaban J connectivity index is 1.76. The summed E-state index contributed by atoms with van der Waals surface area (Å²) < 4.78 is 26.5. The van der Waals surface area contributed by atoms with Gasteiger partial charge >= 0.3 is 0 Å². The lowest BCUT2D eigenvalue weighted by Crippen LogP contribution is -2.34. The van der Waals surface area contributed by atoms with Crippen LogP contribution in [0.5, 0.6) is 0 Å². The number of hydrogen-bond acceptors (Lipinski definition) is 3. The molecule has 0 unspecified atom stereocenters. The van der Waals surface area contributed by atoms with Crippen LogP contribution in [0.25, 0.3) is 0 Å². The van der Waals surface area contributed by atoms with Crippen LogP contribution in [0.15, 0.2) is 0 Å². The molecule has 6 heteroatoms. The Morgan fingerprint density at radius 3 is 2.50 bits per heavy atom. The number of amides is 1. The average Bonchev–Trinajstić information content (AvgIpc) is 3.08. The second-order valence-electron chi connectivity index (χ2n) is 7.33. The SMILES string of the molecule is CC(C)(C)CCS(=O)(=O)NC[C@H]1CC(=O)N(C2CC2)C1. The molecule has 20 heavy (non-hydrogen) atoms. The lowest BCUT2D eigenvalue weighted by Gasteiger charge is -2.19. The third-order valence-corrected chi connectivity index (χ3v) is 5.29. The van der Waals surface area contributed by atoms with Crippen LogP contribution in [0, 0.1) is 11.3 Å². The maximum absolute atomic E-state index is 11.9. The first-order valence-electron chi connectivity index (χ1n) is 7.43. The van der Waals surface area contributed by atoms with Crippen LogP contribution in [0.2, 0.25) is 0 Å². The Morgan fingerprint density at radius 1 is 1.30 bits per heavy atom. The van der Waals surface area contributed by atoms with E-state index in [-0.39, 0.29) is 23.0 Å². The van der Waals surface area contributed by atoms with Gasteiger partial charge in [-0.1, -0.05) is 20.8 Å². The zero-order chi connectivity index (χ0) is 15.0. The van der Waals surface area contributed by atoms with Gasteiger partial charge in [-0.05, 0) is 30.6 Å². The third kappa shape index (κ3) is 4.74. The average molecular weight is 302 g/mol. The number of hydrogen-bond donors (Lipinski definition) is 1. The molecular formula is C14H26N2O3S. The molecule has 2 aliphatic rings. The first-order chi connectivity index (χ1) is 9.16. The molecule has 1 atom stereocenters. The van der Waals surface area contributed by atoms with E-state index in [0.29, 0.717) is 32.0 Å². The van der Waals surface area contributed by atoms with E-state index in [9.17, 15) is 13.2 Å². The summed E-state index contributed by atoms with van der Waals surface area (Å²) in [7, 11) is -3.22. The molecule has 1 saturated heterocycles. The van der Waals surface area contributed by atoms with Crippen molar-refractivity contribution in [3.05, 3.63) is 0 Å². The van der Waals surface area contributed by atoms with Gasteiger partial charge in [0.1, 0.15) is 0 Å². The van der Waals surface area contributed by atoms with Crippen LogP contribution in [0.3, 0.4) is 0 Å². The highest BCUT2D eigenvalue weighted by atomic mass is 32.2. The van der Waals surface area contributed by atoms with Gasteiger partial charge in [-0.2, -0.15) is 0 Å². The Hall–Kier alpha value is -0.620. The number of nitrogens with one attached hydrogen (secondary N) is 1. The fourth-order valence-electron chi connectivity index (χ4n) is 2.44. The van der Waals surface area contributed by atoms with Crippen LogP contribution < -0.4 is 4.72 Å². The number of carbonyl (C=O) groups excluding carboxylic acids is 1. The first kappa shape index (κ1) is 15.8. The van der Waals surface area contributed by atoms with Gasteiger partial charge in [-0.15, -0.1) is 0 Å². The molecule has 0 aromatic heterocycles. The Kier molecular flexibility index (Phi) is 4.44. The van der Waals surface area contributed by atoms with Crippen molar-refractivity contribution < 1.29 is 13.2 Å². The normalized spacial score (nSPS) is 24.4. The zero-order valence-corrected chi connectivity index (χ0v) is 13.5. The van der Waals surface area contributed by atoms with Gasteiger partial charge in [0.05, 0.1) is 5.75 Å². The van der Waals surface area contributed by atoms with Crippen LogP contribution in [0.1, 0.15) is 46.5 Å². The van der Waals surface area contributed by atoms with E-state index in [1.165, 1.54) is 0 Å². The summed E-state index contributed by atoms with van der Waals surface area (Å²) >= 11 is 0. The first-order valence-corrected chi connectivity index (χ1v) is 9.08. The smallest absolute Gasteiger partial charge is 0.223 e. The maximum Gasteiger partial charge on any atom is 0.223 e. The summed E-state index contributed by atoms with van der Waals surface area (Å²) in [6.07, 6.45) is 3.34. The summed E-state index contributed by atoms with van der Waals surface area (Å²) in [6, 6.07) is 0.435. The number of likely N-dealkylation sites (tertiary alicyclic amines) is 1. The number of rotatable bonds is 6. The second kappa shape index (κ2) is 5.64. The summed E-state index contributed by atoms with van der Waals surface area (Å²) in [4.78, 5) is 13.7. The van der Waals surface area contributed by atoms with Crippen molar-refractivity contribution >= 4 is 15.9 Å². The molecule has 1 N–H and O–H groups in total. The molecule has 1 amide bonds. The van der Waals surface area contributed by atoms with Gasteiger partial charge in [0.15, 0.2) is 0 Å². The highest BCUT2D eigenvalue weighted by molar-refractivity contribution is 7.89. The molecule has 116 valence electrons. The summed E-state index contributed by atoms with van der Waals surface area (Å²) in [5.41, 5.74) is 0.0147. The lowest BCUT2D eigenvalue weighted by molar-refractivity contribution is -0.128. The summed E-state index contributed by atoms with van der Waals surface area (Å²) in [5, 5.41) is 0. The number of nitrogens with zero attached hydrogens (tertiary/aromatic N) is 1. The minimum Gasteiger partial charge on any atom is -0.339 e. The number of sulfonamides is 1. The molecule has 1 aliphatic heterocycles. The second-order valence-corrected chi connectivity index (χ2v) is 9.25. The Morgan fingerprint density at radius 2 is 1.95 bits per heavy atom. The fourth-order valence-corrected chi connectivity index (χ4v) is 3.96. The van der Waals surface area contributed by atoms with Crippen LogP contribution in [-0.4, -0.2) is 44.1 Å². The van der Waals surface area contributed by atoms with Gasteiger partial charge < -0.3 is 4.90 Å². The molecule has 0 aromatic carbocycles. The van der Waals surface area contributed by atoms with Crippen molar-refractivity contribution in [1.82, 2.24) is 9.62 Å². The molecule has 0 spiro atoms. The Bertz CT molecular complexity index is 463. The molecule has 0 bridgehead atoms. The predicted octanol–water partition coefficient (Wildman–Crippen LogP) is 1.35. The van der Waals surface area contributed by atoms with Crippen molar-refractivity contribution in [2.24, 2.45) is 11.3 Å². The molecule has 0 aromatic rings. The molecule has 1 saturated carbocycles. The summed E-state index contributed by atoms with van der Waals surface area (Å²) in [5.74, 6) is 0.475. The molecule has 1 aliphatic carbocycles. The predicted molar refractivity (Wildman–Crippen MR) is 78.7 cm³/mol.